The molecule has 16 heavy (non-hydrogen) atoms. The zero-order chi connectivity index (χ0) is 11.2. The molecule has 0 unspecified atom stereocenters. The minimum atomic E-state index is 0.394. The first-order chi connectivity index (χ1) is 7.88. The van der Waals surface area contributed by atoms with E-state index < -0.39 is 0 Å². The maximum Gasteiger partial charge on any atom is 0.315 e. The van der Waals surface area contributed by atoms with Crippen LogP contribution in [0.3, 0.4) is 0 Å². The smallest absolute Gasteiger partial charge is 0.315 e. The Hall–Kier alpha value is -1.62. The monoisotopic (exact) mass is 238 g/mol. The Kier molecular flexibility index (Phi) is 3.71. The topological polar surface area (TPSA) is 63.8 Å². The molecule has 0 spiro atoms. The van der Waals surface area contributed by atoms with E-state index in [0.717, 1.165) is 5.69 Å². The lowest BCUT2D eigenvalue weighted by Gasteiger charge is -1.99. The zero-order valence-corrected chi connectivity index (χ0v) is 9.31. The second kappa shape index (κ2) is 5.46. The standard InChI is InChI=1S/C10H11ClN4O/c11-5-4-9-14-15-10(16-9)13-7-8-3-1-2-6-12-8/h1-3,6H,4-5,7H2,(H,13,15). The summed E-state index contributed by atoms with van der Waals surface area (Å²) in [6, 6.07) is 6.11. The van der Waals surface area contributed by atoms with E-state index in [2.05, 4.69) is 20.5 Å². The third-order valence-corrected chi connectivity index (χ3v) is 2.11. The molecular formula is C10H11ClN4O. The van der Waals surface area contributed by atoms with Crippen molar-refractivity contribution in [2.45, 2.75) is 13.0 Å². The van der Waals surface area contributed by atoms with Crippen molar-refractivity contribution in [1.82, 2.24) is 15.2 Å². The van der Waals surface area contributed by atoms with Crippen LogP contribution in [0.15, 0.2) is 28.8 Å². The Bertz CT molecular complexity index is 431. The minimum Gasteiger partial charge on any atom is -0.408 e. The molecule has 0 amide bonds. The Morgan fingerprint density at radius 3 is 3.00 bits per heavy atom. The molecule has 0 radical (unpaired) electrons. The second-order valence-electron chi connectivity index (χ2n) is 3.11. The fraction of sp³-hybridized carbons (Fsp3) is 0.300. The largest absolute Gasteiger partial charge is 0.408 e. The summed E-state index contributed by atoms with van der Waals surface area (Å²) in [5.74, 6) is 1.01. The Labute approximate surface area is 97.9 Å². The van der Waals surface area contributed by atoms with E-state index in [-0.39, 0.29) is 0 Å². The van der Waals surface area contributed by atoms with Gasteiger partial charge >= 0.3 is 6.01 Å². The summed E-state index contributed by atoms with van der Waals surface area (Å²) in [4.78, 5) is 4.16. The van der Waals surface area contributed by atoms with Gasteiger partial charge in [-0.25, -0.2) is 0 Å². The van der Waals surface area contributed by atoms with Crippen molar-refractivity contribution >= 4 is 17.6 Å². The van der Waals surface area contributed by atoms with Gasteiger partial charge in [-0.2, -0.15) is 0 Å². The highest BCUT2D eigenvalue weighted by Gasteiger charge is 2.04. The van der Waals surface area contributed by atoms with Crippen molar-refractivity contribution in [3.63, 3.8) is 0 Å². The molecule has 0 fully saturated rings. The van der Waals surface area contributed by atoms with E-state index in [1.54, 1.807) is 6.20 Å². The number of nitrogens with zero attached hydrogens (tertiary/aromatic N) is 3. The molecule has 5 nitrogen and oxygen atoms in total. The molecule has 2 rings (SSSR count). The van der Waals surface area contributed by atoms with Gasteiger partial charge in [0.15, 0.2) is 0 Å². The van der Waals surface area contributed by atoms with Gasteiger partial charge in [0.25, 0.3) is 0 Å². The average Bonchev–Trinajstić information content (AvgIpc) is 2.76. The van der Waals surface area contributed by atoms with Crippen LogP contribution >= 0.6 is 11.6 Å². The predicted molar refractivity (Wildman–Crippen MR) is 60.3 cm³/mol. The van der Waals surface area contributed by atoms with Crippen LogP contribution in [-0.4, -0.2) is 21.1 Å². The molecule has 2 heterocycles. The number of pyridine rings is 1. The lowest BCUT2D eigenvalue weighted by Crippen LogP contribution is -2.01. The van der Waals surface area contributed by atoms with E-state index in [0.29, 0.717) is 30.8 Å². The molecule has 2 aromatic heterocycles. The fourth-order valence-electron chi connectivity index (χ4n) is 1.18. The third kappa shape index (κ3) is 2.93. The Balaban J connectivity index is 1.89. The lowest BCUT2D eigenvalue weighted by molar-refractivity contribution is 0.512. The van der Waals surface area contributed by atoms with Gasteiger partial charge in [0.1, 0.15) is 0 Å². The molecule has 6 heteroatoms. The van der Waals surface area contributed by atoms with E-state index in [4.69, 9.17) is 16.0 Å². The van der Waals surface area contributed by atoms with Crippen LogP contribution in [0, 0.1) is 0 Å². The quantitative estimate of drug-likeness (QED) is 0.806. The van der Waals surface area contributed by atoms with Gasteiger partial charge in [0.2, 0.25) is 5.89 Å². The maximum atomic E-state index is 5.56. The number of rotatable bonds is 5. The van der Waals surface area contributed by atoms with Crippen LogP contribution in [0.25, 0.3) is 0 Å². The Morgan fingerprint density at radius 2 is 2.25 bits per heavy atom. The highest BCUT2D eigenvalue weighted by atomic mass is 35.5. The van der Waals surface area contributed by atoms with Crippen molar-refractivity contribution in [3.05, 3.63) is 36.0 Å². The van der Waals surface area contributed by atoms with Gasteiger partial charge in [-0.1, -0.05) is 11.2 Å². The number of anilines is 1. The van der Waals surface area contributed by atoms with Crippen LogP contribution in [0.2, 0.25) is 0 Å². The van der Waals surface area contributed by atoms with Crippen LogP contribution in [0.4, 0.5) is 6.01 Å². The average molecular weight is 239 g/mol. The van der Waals surface area contributed by atoms with Gasteiger partial charge < -0.3 is 9.73 Å². The van der Waals surface area contributed by atoms with Gasteiger partial charge in [0.05, 0.1) is 12.2 Å². The molecule has 84 valence electrons. The minimum absolute atomic E-state index is 0.394. The lowest BCUT2D eigenvalue weighted by atomic mass is 10.3. The fourth-order valence-corrected chi connectivity index (χ4v) is 1.34. The summed E-state index contributed by atoms with van der Waals surface area (Å²) in [7, 11) is 0. The van der Waals surface area contributed by atoms with Gasteiger partial charge in [0, 0.05) is 18.5 Å². The third-order valence-electron chi connectivity index (χ3n) is 1.92. The summed E-state index contributed by atoms with van der Waals surface area (Å²) < 4.78 is 5.30. The van der Waals surface area contributed by atoms with Crippen LogP contribution in [-0.2, 0) is 13.0 Å². The summed E-state index contributed by atoms with van der Waals surface area (Å²) in [6.45, 7) is 0.559. The van der Waals surface area contributed by atoms with Crippen LogP contribution in [0.1, 0.15) is 11.6 Å². The van der Waals surface area contributed by atoms with Crippen LogP contribution in [0.5, 0.6) is 0 Å². The number of aryl methyl sites for hydroxylation is 1. The van der Waals surface area contributed by atoms with Gasteiger partial charge in [-0.15, -0.1) is 16.7 Å². The number of alkyl halides is 1. The molecule has 2 aromatic rings. The molecule has 0 aliphatic carbocycles. The molecule has 0 aromatic carbocycles. The first-order valence-electron chi connectivity index (χ1n) is 4.90. The van der Waals surface area contributed by atoms with Crippen molar-refractivity contribution in [3.8, 4) is 0 Å². The highest BCUT2D eigenvalue weighted by molar-refractivity contribution is 6.17. The van der Waals surface area contributed by atoms with Crippen molar-refractivity contribution in [2.75, 3.05) is 11.2 Å². The maximum absolute atomic E-state index is 5.56. The number of halogens is 1. The first kappa shape index (κ1) is 10.9. The molecule has 0 atom stereocenters. The molecule has 0 saturated heterocycles. The SMILES string of the molecule is ClCCc1nnc(NCc2ccccn2)o1. The van der Waals surface area contributed by atoms with E-state index in [9.17, 15) is 0 Å². The molecule has 0 bridgehead atoms. The van der Waals surface area contributed by atoms with E-state index in [1.807, 2.05) is 18.2 Å². The summed E-state index contributed by atoms with van der Waals surface area (Å²) in [5, 5.41) is 10.7. The van der Waals surface area contributed by atoms with Crippen LogP contribution < -0.4 is 5.32 Å². The zero-order valence-electron chi connectivity index (χ0n) is 8.56. The normalized spacial score (nSPS) is 10.3. The highest BCUT2D eigenvalue weighted by Crippen LogP contribution is 2.07. The van der Waals surface area contributed by atoms with Crippen molar-refractivity contribution < 1.29 is 4.42 Å². The van der Waals surface area contributed by atoms with Gasteiger partial charge in [-0.05, 0) is 12.1 Å². The molecule has 0 aliphatic heterocycles. The van der Waals surface area contributed by atoms with Crippen molar-refractivity contribution in [2.24, 2.45) is 0 Å². The molecular weight excluding hydrogens is 228 g/mol. The van der Waals surface area contributed by atoms with Crippen molar-refractivity contribution in [1.29, 1.82) is 0 Å². The van der Waals surface area contributed by atoms with E-state index >= 15 is 0 Å². The summed E-state index contributed by atoms with van der Waals surface area (Å²) >= 11 is 5.56. The van der Waals surface area contributed by atoms with Gasteiger partial charge in [-0.3, -0.25) is 4.98 Å². The Morgan fingerprint density at radius 1 is 1.31 bits per heavy atom. The summed E-state index contributed by atoms with van der Waals surface area (Å²) in [6.07, 6.45) is 2.32. The predicted octanol–water partition coefficient (Wildman–Crippen LogP) is 1.86. The number of hydrogen-bond donors (Lipinski definition) is 1. The number of nitrogens with one attached hydrogen (secondary N) is 1. The number of hydrogen-bond acceptors (Lipinski definition) is 5. The number of aromatic nitrogens is 3. The van der Waals surface area contributed by atoms with E-state index in [1.165, 1.54) is 0 Å². The molecule has 0 saturated carbocycles. The second-order valence-corrected chi connectivity index (χ2v) is 3.49. The molecule has 1 N–H and O–H groups in total. The first-order valence-corrected chi connectivity index (χ1v) is 5.44. The summed E-state index contributed by atoms with van der Waals surface area (Å²) in [5.41, 5.74) is 0.916. The molecule has 0 aliphatic rings.